The van der Waals surface area contributed by atoms with Gasteiger partial charge in [0, 0.05) is 44.2 Å². The van der Waals surface area contributed by atoms with Gasteiger partial charge in [0.2, 0.25) is 0 Å². The monoisotopic (exact) mass is 857 g/mol. The third kappa shape index (κ3) is 7.94. The van der Waals surface area contributed by atoms with Crippen LogP contribution in [0, 0.1) is 0 Å². The molecule has 0 amide bonds. The lowest BCUT2D eigenvalue weighted by Gasteiger charge is -2.12. The van der Waals surface area contributed by atoms with Crippen molar-refractivity contribution in [3.8, 4) is 101 Å². The van der Waals surface area contributed by atoms with Crippen molar-refractivity contribution in [3.63, 3.8) is 0 Å². The van der Waals surface area contributed by atoms with Crippen LogP contribution < -0.4 is 0 Å². The van der Waals surface area contributed by atoms with Crippen molar-refractivity contribution in [2.45, 2.75) is 0 Å². The van der Waals surface area contributed by atoms with Gasteiger partial charge in [-0.3, -0.25) is 0 Å². The van der Waals surface area contributed by atoms with Crippen LogP contribution in [0.3, 0.4) is 0 Å². The number of furan rings is 1. The van der Waals surface area contributed by atoms with Crippen LogP contribution in [-0.2, 0) is 0 Å². The maximum absolute atomic E-state index is 6.32. The molecule has 0 radical (unpaired) electrons. The summed E-state index contributed by atoms with van der Waals surface area (Å²) in [6.07, 6.45) is 0. The van der Waals surface area contributed by atoms with Gasteiger partial charge in [0.25, 0.3) is 0 Å². The van der Waals surface area contributed by atoms with Crippen molar-refractivity contribution >= 4 is 21.9 Å². The molecule has 0 aliphatic carbocycles. The Morgan fingerprint density at radius 1 is 0.209 bits per heavy atom. The first-order chi connectivity index (χ1) is 33.1. The average Bonchev–Trinajstić information content (AvgIpc) is 3.80. The lowest BCUT2D eigenvalue weighted by Crippen LogP contribution is -2.00. The summed E-state index contributed by atoms with van der Waals surface area (Å²) in [6, 6.07) is 81.2. The standard InChI is InChI=1S/C61H39N5O/c1-4-16-40(17-5-1)43-22-12-26-47(34-43)54-39-55(63-58(62-54)42-20-8-3-9-21-42)48-27-13-24-45(35-48)46-25-15-29-50(37-46)60-64-59(49-28-14-23-44(36-49)41-18-6-2-7-19-41)65-61(66-60)51-32-33-53-52-30-10-11-31-56(52)67-57(53)38-51/h1-39H. The molecule has 0 saturated heterocycles. The van der Waals surface area contributed by atoms with Crippen LogP contribution in [0.5, 0.6) is 0 Å². The van der Waals surface area contributed by atoms with Crippen LogP contribution in [0.15, 0.2) is 241 Å². The van der Waals surface area contributed by atoms with Crippen LogP contribution in [0.25, 0.3) is 123 Å². The molecule has 0 aliphatic heterocycles. The zero-order valence-electron chi connectivity index (χ0n) is 36.2. The average molecular weight is 858 g/mol. The molecule has 3 heterocycles. The van der Waals surface area contributed by atoms with E-state index in [1.165, 1.54) is 0 Å². The van der Waals surface area contributed by atoms with E-state index in [1.54, 1.807) is 0 Å². The minimum atomic E-state index is 0.558. The van der Waals surface area contributed by atoms with Crippen molar-refractivity contribution in [1.29, 1.82) is 0 Å². The Hall–Kier alpha value is -9.13. The van der Waals surface area contributed by atoms with Crippen LogP contribution in [-0.4, -0.2) is 24.9 Å². The highest BCUT2D eigenvalue weighted by Crippen LogP contribution is 2.36. The Balaban J connectivity index is 0.950. The van der Waals surface area contributed by atoms with E-state index in [9.17, 15) is 0 Å². The molecule has 0 atom stereocenters. The van der Waals surface area contributed by atoms with E-state index >= 15 is 0 Å². The minimum absolute atomic E-state index is 0.558. The molecule has 0 aliphatic rings. The van der Waals surface area contributed by atoms with Gasteiger partial charge in [-0.05, 0) is 81.9 Å². The highest BCUT2D eigenvalue weighted by atomic mass is 16.3. The van der Waals surface area contributed by atoms with E-state index < -0.39 is 0 Å². The Morgan fingerprint density at radius 3 is 1.09 bits per heavy atom. The molecule has 67 heavy (non-hydrogen) atoms. The van der Waals surface area contributed by atoms with Crippen molar-refractivity contribution in [3.05, 3.63) is 237 Å². The molecule has 314 valence electrons. The number of benzene rings is 9. The van der Waals surface area contributed by atoms with Crippen LogP contribution in [0.4, 0.5) is 0 Å². The predicted octanol–water partition coefficient (Wildman–Crippen LogP) is 15.6. The van der Waals surface area contributed by atoms with E-state index in [2.05, 4.69) is 182 Å². The topological polar surface area (TPSA) is 77.6 Å². The van der Waals surface area contributed by atoms with Gasteiger partial charge >= 0.3 is 0 Å². The molecule has 12 aromatic rings. The first-order valence-electron chi connectivity index (χ1n) is 22.3. The molecule has 0 bridgehead atoms. The Kier molecular flexibility index (Phi) is 10.1. The van der Waals surface area contributed by atoms with E-state index in [4.69, 9.17) is 29.3 Å². The quantitative estimate of drug-likeness (QED) is 0.144. The lowest BCUT2D eigenvalue weighted by molar-refractivity contribution is 0.669. The largest absolute Gasteiger partial charge is 0.456 e. The second kappa shape index (κ2) is 17.1. The molecule has 3 aromatic heterocycles. The fourth-order valence-electron chi connectivity index (χ4n) is 8.74. The zero-order valence-corrected chi connectivity index (χ0v) is 36.2. The Bertz CT molecular complexity index is 3750. The Labute approximate surface area is 387 Å². The van der Waals surface area contributed by atoms with Gasteiger partial charge in [0.15, 0.2) is 23.3 Å². The van der Waals surface area contributed by atoms with Gasteiger partial charge in [-0.15, -0.1) is 0 Å². The van der Waals surface area contributed by atoms with Crippen molar-refractivity contribution < 1.29 is 4.42 Å². The molecule has 0 N–H and O–H groups in total. The van der Waals surface area contributed by atoms with Crippen LogP contribution in [0.2, 0.25) is 0 Å². The molecule has 6 heteroatoms. The fraction of sp³-hybridized carbons (Fsp3) is 0. The number of fused-ring (bicyclic) bond motifs is 3. The summed E-state index contributed by atoms with van der Waals surface area (Å²) in [7, 11) is 0. The maximum atomic E-state index is 6.32. The van der Waals surface area contributed by atoms with Gasteiger partial charge in [0.1, 0.15) is 11.2 Å². The van der Waals surface area contributed by atoms with E-state index in [1.807, 2.05) is 54.6 Å². The smallest absolute Gasteiger partial charge is 0.164 e. The lowest BCUT2D eigenvalue weighted by atomic mass is 9.98. The molecule has 0 unspecified atom stereocenters. The number of hydrogen-bond acceptors (Lipinski definition) is 6. The first kappa shape index (κ1) is 39.5. The normalized spacial score (nSPS) is 11.3. The zero-order chi connectivity index (χ0) is 44.5. The van der Waals surface area contributed by atoms with Gasteiger partial charge < -0.3 is 4.42 Å². The molecule has 9 aromatic carbocycles. The first-order valence-corrected chi connectivity index (χ1v) is 22.3. The van der Waals surface area contributed by atoms with Crippen molar-refractivity contribution in [2.24, 2.45) is 0 Å². The van der Waals surface area contributed by atoms with E-state index in [0.29, 0.717) is 23.3 Å². The summed E-state index contributed by atoms with van der Waals surface area (Å²) in [5, 5.41) is 2.12. The predicted molar refractivity (Wildman–Crippen MR) is 272 cm³/mol. The molecular weight excluding hydrogens is 819 g/mol. The molecule has 0 spiro atoms. The van der Waals surface area contributed by atoms with Crippen LogP contribution >= 0.6 is 0 Å². The molecule has 6 nitrogen and oxygen atoms in total. The van der Waals surface area contributed by atoms with Crippen molar-refractivity contribution in [2.75, 3.05) is 0 Å². The van der Waals surface area contributed by atoms with Crippen molar-refractivity contribution in [1.82, 2.24) is 24.9 Å². The summed E-state index contributed by atoms with van der Waals surface area (Å²) in [4.78, 5) is 25.8. The fourth-order valence-corrected chi connectivity index (χ4v) is 8.74. The minimum Gasteiger partial charge on any atom is -0.456 e. The number of para-hydroxylation sites is 1. The van der Waals surface area contributed by atoms with Gasteiger partial charge in [-0.2, -0.15) is 0 Å². The summed E-state index contributed by atoms with van der Waals surface area (Å²) in [5.74, 6) is 2.38. The number of rotatable bonds is 9. The molecule has 0 saturated carbocycles. The highest BCUT2D eigenvalue weighted by Gasteiger charge is 2.17. The number of hydrogen-bond donors (Lipinski definition) is 0. The van der Waals surface area contributed by atoms with Gasteiger partial charge in [0.05, 0.1) is 11.4 Å². The second-order valence-electron chi connectivity index (χ2n) is 16.5. The Morgan fingerprint density at radius 2 is 0.567 bits per heavy atom. The summed E-state index contributed by atoms with van der Waals surface area (Å²) >= 11 is 0. The third-order valence-electron chi connectivity index (χ3n) is 12.1. The summed E-state index contributed by atoms with van der Waals surface area (Å²) in [6.45, 7) is 0. The maximum Gasteiger partial charge on any atom is 0.164 e. The highest BCUT2D eigenvalue weighted by molar-refractivity contribution is 6.05. The van der Waals surface area contributed by atoms with Gasteiger partial charge in [-0.1, -0.05) is 188 Å². The summed E-state index contributed by atoms with van der Waals surface area (Å²) < 4.78 is 6.32. The van der Waals surface area contributed by atoms with E-state index in [0.717, 1.165) is 100 Å². The summed E-state index contributed by atoms with van der Waals surface area (Å²) in [5.41, 5.74) is 15.4. The van der Waals surface area contributed by atoms with E-state index in [-0.39, 0.29) is 0 Å². The SMILES string of the molecule is c1ccc(-c2cccc(-c3cc(-c4cccc(-c5cccc(-c6nc(-c7cccc(-c8ccccc8)c7)nc(-c7ccc8c(c7)oc7ccccc78)n6)c5)c4)nc(-c4ccccc4)n3)c2)cc1. The van der Waals surface area contributed by atoms with Gasteiger partial charge in [-0.25, -0.2) is 24.9 Å². The second-order valence-corrected chi connectivity index (χ2v) is 16.5. The number of nitrogens with zero attached hydrogens (tertiary/aromatic N) is 5. The molecular formula is C61H39N5O. The number of aromatic nitrogens is 5. The third-order valence-corrected chi connectivity index (χ3v) is 12.1. The molecule has 12 rings (SSSR count). The molecule has 0 fully saturated rings. The van der Waals surface area contributed by atoms with Crippen LogP contribution in [0.1, 0.15) is 0 Å².